The molecular formula is C23H26N4O4S. The first-order chi connectivity index (χ1) is 15.0. The van der Waals surface area contributed by atoms with Gasteiger partial charge in [0.05, 0.1) is 25.2 Å². The van der Waals surface area contributed by atoms with Crippen LogP contribution in [0.5, 0.6) is 5.75 Å². The molecule has 8 nitrogen and oxygen atoms in total. The van der Waals surface area contributed by atoms with Gasteiger partial charge >= 0.3 is 0 Å². The Kier molecular flexibility index (Phi) is 6.50. The first kappa shape index (κ1) is 23.2. The van der Waals surface area contributed by atoms with Crippen molar-refractivity contribution in [2.24, 2.45) is 0 Å². The monoisotopic (exact) mass is 454 g/mol. The van der Waals surface area contributed by atoms with E-state index in [0.29, 0.717) is 17.2 Å². The standard InChI is InChI=1S/C23H26N4O4S/c1-15-6-9-17(10-7-15)27-32(29,30)20-12-16(8-11-19(20)31-5)21(28)26-18-13-24-22(25-14-18)23(2,3)4/h6-14,27H,1-5H3,(H,26,28). The van der Waals surface area contributed by atoms with Gasteiger partial charge in [-0.2, -0.15) is 0 Å². The third kappa shape index (κ3) is 5.42. The van der Waals surface area contributed by atoms with Gasteiger partial charge in [0.2, 0.25) is 0 Å². The van der Waals surface area contributed by atoms with E-state index in [1.807, 2.05) is 27.7 Å². The number of sulfonamides is 1. The molecule has 32 heavy (non-hydrogen) atoms. The molecule has 168 valence electrons. The normalized spacial score (nSPS) is 11.7. The minimum Gasteiger partial charge on any atom is -0.495 e. The summed E-state index contributed by atoms with van der Waals surface area (Å²) in [5, 5.41) is 2.69. The second kappa shape index (κ2) is 8.96. The van der Waals surface area contributed by atoms with E-state index in [1.165, 1.54) is 37.7 Å². The molecule has 0 fully saturated rings. The molecule has 0 aliphatic rings. The van der Waals surface area contributed by atoms with Gasteiger partial charge in [0.15, 0.2) is 0 Å². The molecule has 2 N–H and O–H groups in total. The number of nitrogens with one attached hydrogen (secondary N) is 2. The quantitative estimate of drug-likeness (QED) is 0.579. The fourth-order valence-electron chi connectivity index (χ4n) is 2.84. The lowest BCUT2D eigenvalue weighted by molar-refractivity contribution is 0.102. The number of ether oxygens (including phenoxy) is 1. The van der Waals surface area contributed by atoms with Gasteiger partial charge < -0.3 is 10.1 Å². The van der Waals surface area contributed by atoms with E-state index in [9.17, 15) is 13.2 Å². The highest BCUT2D eigenvalue weighted by Crippen LogP contribution is 2.27. The van der Waals surface area contributed by atoms with E-state index in [2.05, 4.69) is 20.0 Å². The van der Waals surface area contributed by atoms with E-state index in [-0.39, 0.29) is 21.6 Å². The molecule has 0 aliphatic carbocycles. The topological polar surface area (TPSA) is 110 Å². The number of hydrogen-bond donors (Lipinski definition) is 2. The van der Waals surface area contributed by atoms with E-state index >= 15 is 0 Å². The van der Waals surface area contributed by atoms with E-state index in [0.717, 1.165) is 5.56 Å². The van der Waals surface area contributed by atoms with E-state index in [4.69, 9.17) is 4.74 Å². The van der Waals surface area contributed by atoms with Crippen molar-refractivity contribution in [2.45, 2.75) is 38.0 Å². The average Bonchev–Trinajstić information content (AvgIpc) is 2.74. The first-order valence-corrected chi connectivity index (χ1v) is 11.4. The highest BCUT2D eigenvalue weighted by atomic mass is 32.2. The van der Waals surface area contributed by atoms with Crippen molar-refractivity contribution in [2.75, 3.05) is 17.1 Å². The zero-order valence-electron chi connectivity index (χ0n) is 18.6. The van der Waals surface area contributed by atoms with Crippen LogP contribution in [0, 0.1) is 6.92 Å². The lowest BCUT2D eigenvalue weighted by atomic mass is 9.96. The maximum absolute atomic E-state index is 13.0. The Bertz CT molecular complexity index is 1220. The number of hydrogen-bond acceptors (Lipinski definition) is 6. The number of carbonyl (C=O) groups excluding carboxylic acids is 1. The Morgan fingerprint density at radius 2 is 1.59 bits per heavy atom. The fourth-order valence-corrected chi connectivity index (χ4v) is 4.10. The van der Waals surface area contributed by atoms with Crippen LogP contribution in [0.1, 0.15) is 42.5 Å². The Morgan fingerprint density at radius 1 is 0.969 bits per heavy atom. The van der Waals surface area contributed by atoms with Crippen molar-refractivity contribution in [3.8, 4) is 5.75 Å². The molecule has 1 aromatic heterocycles. The number of aromatic nitrogens is 2. The molecule has 0 aliphatic heterocycles. The summed E-state index contributed by atoms with van der Waals surface area (Å²) in [5.41, 5.74) is 1.75. The minimum atomic E-state index is -4.00. The second-order valence-corrected chi connectivity index (χ2v) is 9.99. The van der Waals surface area contributed by atoms with E-state index in [1.54, 1.807) is 24.3 Å². The summed E-state index contributed by atoms with van der Waals surface area (Å²) in [5.74, 6) is 0.279. The summed E-state index contributed by atoms with van der Waals surface area (Å²) in [7, 11) is -2.63. The van der Waals surface area contributed by atoms with Crippen LogP contribution in [0.25, 0.3) is 0 Å². The molecule has 1 amide bonds. The van der Waals surface area contributed by atoms with Gasteiger partial charge in [0.25, 0.3) is 15.9 Å². The van der Waals surface area contributed by atoms with Crippen LogP contribution in [-0.2, 0) is 15.4 Å². The number of nitrogens with zero attached hydrogens (tertiary/aromatic N) is 2. The Morgan fingerprint density at radius 3 is 2.16 bits per heavy atom. The molecule has 0 radical (unpaired) electrons. The van der Waals surface area contributed by atoms with Crippen molar-refractivity contribution in [3.63, 3.8) is 0 Å². The Balaban J connectivity index is 1.86. The maximum atomic E-state index is 13.0. The zero-order chi connectivity index (χ0) is 23.5. The van der Waals surface area contributed by atoms with Crippen LogP contribution in [0.2, 0.25) is 0 Å². The molecular weight excluding hydrogens is 428 g/mol. The van der Waals surface area contributed by atoms with Crippen molar-refractivity contribution >= 4 is 27.3 Å². The van der Waals surface area contributed by atoms with Gasteiger partial charge in [-0.1, -0.05) is 38.5 Å². The molecule has 9 heteroatoms. The summed E-state index contributed by atoms with van der Waals surface area (Å²) in [4.78, 5) is 21.2. The third-order valence-corrected chi connectivity index (χ3v) is 6.00. The molecule has 3 rings (SSSR count). The summed E-state index contributed by atoms with van der Waals surface area (Å²) in [6.07, 6.45) is 3.04. The van der Waals surface area contributed by atoms with Crippen LogP contribution in [-0.4, -0.2) is 31.4 Å². The predicted octanol–water partition coefficient (Wildman–Crippen LogP) is 4.14. The zero-order valence-corrected chi connectivity index (χ0v) is 19.4. The van der Waals surface area contributed by atoms with Gasteiger partial charge in [-0.05, 0) is 37.3 Å². The molecule has 0 unspecified atom stereocenters. The van der Waals surface area contributed by atoms with Gasteiger partial charge in [0.1, 0.15) is 16.5 Å². The second-order valence-electron chi connectivity index (χ2n) is 8.34. The number of carbonyl (C=O) groups is 1. The number of anilines is 2. The summed E-state index contributed by atoms with van der Waals surface area (Å²) in [6.45, 7) is 7.88. The molecule has 2 aromatic carbocycles. The third-order valence-electron chi connectivity index (χ3n) is 4.60. The molecule has 0 spiro atoms. The number of aryl methyl sites for hydroxylation is 1. The van der Waals surface area contributed by atoms with Gasteiger partial charge in [-0.15, -0.1) is 0 Å². The smallest absolute Gasteiger partial charge is 0.265 e. The number of methoxy groups -OCH3 is 1. The molecule has 3 aromatic rings. The molecule has 0 saturated carbocycles. The van der Waals surface area contributed by atoms with Gasteiger partial charge in [-0.25, -0.2) is 18.4 Å². The van der Waals surface area contributed by atoms with Crippen molar-refractivity contribution in [1.29, 1.82) is 0 Å². The Hall–Kier alpha value is -3.46. The highest BCUT2D eigenvalue weighted by Gasteiger charge is 2.22. The number of benzene rings is 2. The lowest BCUT2D eigenvalue weighted by Gasteiger charge is -2.16. The summed E-state index contributed by atoms with van der Waals surface area (Å²) < 4.78 is 33.7. The summed E-state index contributed by atoms with van der Waals surface area (Å²) >= 11 is 0. The van der Waals surface area contributed by atoms with Crippen LogP contribution >= 0.6 is 0 Å². The summed E-state index contributed by atoms with van der Waals surface area (Å²) in [6, 6.07) is 11.1. The van der Waals surface area contributed by atoms with Crippen LogP contribution in [0.15, 0.2) is 59.8 Å². The van der Waals surface area contributed by atoms with Gasteiger partial charge in [-0.3, -0.25) is 9.52 Å². The van der Waals surface area contributed by atoms with Crippen LogP contribution in [0.3, 0.4) is 0 Å². The number of rotatable bonds is 6. The molecule has 0 atom stereocenters. The number of amides is 1. The van der Waals surface area contributed by atoms with Crippen LogP contribution in [0.4, 0.5) is 11.4 Å². The van der Waals surface area contributed by atoms with Crippen molar-refractivity contribution in [1.82, 2.24) is 9.97 Å². The predicted molar refractivity (Wildman–Crippen MR) is 124 cm³/mol. The SMILES string of the molecule is COc1ccc(C(=O)Nc2cnc(C(C)(C)C)nc2)cc1S(=O)(=O)Nc1ccc(C)cc1. The maximum Gasteiger partial charge on any atom is 0.265 e. The fraction of sp³-hybridized carbons (Fsp3) is 0.261. The molecule has 1 heterocycles. The van der Waals surface area contributed by atoms with Crippen molar-refractivity contribution < 1.29 is 17.9 Å². The Labute approximate surface area is 188 Å². The first-order valence-electron chi connectivity index (χ1n) is 9.91. The molecule has 0 saturated heterocycles. The van der Waals surface area contributed by atoms with E-state index < -0.39 is 15.9 Å². The highest BCUT2D eigenvalue weighted by molar-refractivity contribution is 7.92. The van der Waals surface area contributed by atoms with Gasteiger partial charge in [0, 0.05) is 16.7 Å². The van der Waals surface area contributed by atoms with Crippen LogP contribution < -0.4 is 14.8 Å². The largest absolute Gasteiger partial charge is 0.495 e. The average molecular weight is 455 g/mol. The van der Waals surface area contributed by atoms with Crippen molar-refractivity contribution in [3.05, 3.63) is 71.8 Å². The molecule has 0 bridgehead atoms. The lowest BCUT2D eigenvalue weighted by Crippen LogP contribution is -2.18. The minimum absolute atomic E-state index is 0.124.